The maximum Gasteiger partial charge on any atom is 0.243 e. The molecule has 0 saturated heterocycles. The first-order chi connectivity index (χ1) is 31.7. The minimum atomic E-state index is -1.41. The second kappa shape index (κ2) is 26.3. The van der Waals surface area contributed by atoms with Crippen molar-refractivity contribution in [2.45, 2.75) is 114 Å². The van der Waals surface area contributed by atoms with Gasteiger partial charge in [-0.15, -0.1) is 0 Å². The van der Waals surface area contributed by atoms with Gasteiger partial charge in [-0.05, 0) is 42.9 Å². The summed E-state index contributed by atoms with van der Waals surface area (Å²) < 4.78 is 0. The largest absolute Gasteiger partial charge is 0.370 e. The van der Waals surface area contributed by atoms with E-state index >= 15 is 0 Å². The maximum absolute atomic E-state index is 14.4. The molecule has 0 unspecified atom stereocenters. The van der Waals surface area contributed by atoms with E-state index in [0.29, 0.717) is 17.7 Å². The number of nitrogens with one attached hydrogen (secondary N) is 10. The molecule has 66 heavy (non-hydrogen) atoms. The van der Waals surface area contributed by atoms with E-state index in [1.54, 1.807) is 36.5 Å². The van der Waals surface area contributed by atoms with Crippen molar-refractivity contribution in [3.63, 3.8) is 0 Å². The SMILES string of the molecule is CCCC[C@H](NC(C)=O)C(=O)N[C@@H](CCC(N)=O)C(=O)N[C@@H](Cc1c[nH]cn1)C(=O)N[C@H](Cc1ccccc1)C(=O)N[C@@H](CCCNC(=N)N)C(=O)N[C@@H]([C]=O)Cc1c[nH]c2ccccc12. The summed E-state index contributed by atoms with van der Waals surface area (Å²) in [5.74, 6) is -5.34. The van der Waals surface area contributed by atoms with Crippen LogP contribution in [0.25, 0.3) is 10.9 Å². The lowest BCUT2D eigenvalue weighted by atomic mass is 10.0. The van der Waals surface area contributed by atoms with Gasteiger partial charge in [0.05, 0.1) is 18.1 Å². The van der Waals surface area contributed by atoms with Crippen LogP contribution in [0.15, 0.2) is 73.3 Å². The normalized spacial score (nSPS) is 13.7. The second-order valence-electron chi connectivity index (χ2n) is 15.8. The number of guanidine groups is 1. The topological polar surface area (TPSA) is 341 Å². The first-order valence-corrected chi connectivity index (χ1v) is 21.8. The molecule has 0 fully saturated rings. The molecule has 7 amide bonds. The predicted octanol–water partition coefficient (Wildman–Crippen LogP) is -0.324. The average Bonchev–Trinajstić information content (AvgIpc) is 3.96. The van der Waals surface area contributed by atoms with Crippen molar-refractivity contribution in [1.29, 1.82) is 5.41 Å². The molecule has 2 aromatic heterocycles. The van der Waals surface area contributed by atoms with Crippen molar-refractivity contribution >= 4 is 64.5 Å². The highest BCUT2D eigenvalue weighted by Crippen LogP contribution is 2.19. The zero-order valence-corrected chi connectivity index (χ0v) is 37.0. The van der Waals surface area contributed by atoms with Gasteiger partial charge in [-0.3, -0.25) is 43.8 Å². The van der Waals surface area contributed by atoms with Gasteiger partial charge in [-0.1, -0.05) is 68.3 Å². The van der Waals surface area contributed by atoms with Crippen LogP contribution in [-0.2, 0) is 57.6 Å². The Bertz CT molecular complexity index is 2270. The molecule has 2 aromatic carbocycles. The Morgan fingerprint density at radius 1 is 0.697 bits per heavy atom. The number of imidazole rings is 1. The van der Waals surface area contributed by atoms with Gasteiger partial charge >= 0.3 is 0 Å². The molecule has 0 aliphatic carbocycles. The monoisotopic (exact) mass is 910 g/mol. The minimum absolute atomic E-state index is 0.0278. The van der Waals surface area contributed by atoms with Gasteiger partial charge in [0.25, 0.3) is 0 Å². The number of para-hydroxylation sites is 1. The van der Waals surface area contributed by atoms with Gasteiger partial charge < -0.3 is 58.7 Å². The Balaban J connectivity index is 1.60. The molecular weight excluding hydrogens is 851 g/mol. The Labute approximate surface area is 382 Å². The molecule has 0 bridgehead atoms. The quantitative estimate of drug-likeness (QED) is 0.0199. The number of carbonyl (C=O) groups excluding carboxylic acids is 8. The zero-order chi connectivity index (χ0) is 48.0. The van der Waals surface area contributed by atoms with Crippen molar-refractivity contribution in [2.24, 2.45) is 11.5 Å². The summed E-state index contributed by atoms with van der Waals surface area (Å²) in [7, 11) is 0. The first kappa shape index (κ1) is 51.1. The third-order valence-corrected chi connectivity index (χ3v) is 10.5. The molecule has 0 aliphatic rings. The maximum atomic E-state index is 14.4. The summed E-state index contributed by atoms with van der Waals surface area (Å²) >= 11 is 0. The Kier molecular flexibility index (Phi) is 20.3. The summed E-state index contributed by atoms with van der Waals surface area (Å²) in [6, 6.07) is 8.76. The van der Waals surface area contributed by atoms with Gasteiger partial charge in [0.1, 0.15) is 30.2 Å². The van der Waals surface area contributed by atoms with E-state index in [-0.39, 0.29) is 63.9 Å². The molecular formula is C45H60N13O8. The van der Waals surface area contributed by atoms with Crippen LogP contribution in [0.1, 0.15) is 75.6 Å². The fourth-order valence-corrected chi connectivity index (χ4v) is 7.16. The number of aromatic nitrogens is 3. The summed E-state index contributed by atoms with van der Waals surface area (Å²) in [5, 5.41) is 27.0. The van der Waals surface area contributed by atoms with E-state index in [2.05, 4.69) is 52.2 Å². The number of hydrogen-bond acceptors (Lipinski definition) is 10. The van der Waals surface area contributed by atoms with Crippen LogP contribution >= 0.6 is 0 Å². The van der Waals surface area contributed by atoms with E-state index in [0.717, 1.165) is 22.9 Å². The number of fused-ring (bicyclic) bond motifs is 1. The van der Waals surface area contributed by atoms with Crippen LogP contribution in [0.5, 0.6) is 0 Å². The van der Waals surface area contributed by atoms with Crippen LogP contribution in [0.3, 0.4) is 0 Å². The van der Waals surface area contributed by atoms with Crippen molar-refractivity contribution in [3.05, 3.63) is 90.1 Å². The van der Waals surface area contributed by atoms with E-state index in [1.165, 1.54) is 19.4 Å². The number of nitrogens with two attached hydrogens (primary N) is 2. The number of rotatable bonds is 28. The van der Waals surface area contributed by atoms with E-state index in [1.807, 2.05) is 37.5 Å². The number of carbonyl (C=O) groups is 7. The molecule has 353 valence electrons. The molecule has 4 rings (SSSR count). The lowest BCUT2D eigenvalue weighted by Crippen LogP contribution is -2.60. The van der Waals surface area contributed by atoms with E-state index in [9.17, 15) is 38.4 Å². The average molecular weight is 911 g/mol. The van der Waals surface area contributed by atoms with Crippen molar-refractivity contribution in [3.8, 4) is 0 Å². The van der Waals surface area contributed by atoms with Crippen LogP contribution in [0.2, 0.25) is 0 Å². The van der Waals surface area contributed by atoms with Crippen LogP contribution in [-0.4, -0.2) is 111 Å². The number of primary amides is 1. The highest BCUT2D eigenvalue weighted by molar-refractivity contribution is 5.97. The molecule has 21 heteroatoms. The summed E-state index contributed by atoms with van der Waals surface area (Å²) in [6.45, 7) is 3.35. The van der Waals surface area contributed by atoms with Crippen LogP contribution < -0.4 is 48.7 Å². The number of benzene rings is 2. The van der Waals surface area contributed by atoms with Gasteiger partial charge in [0, 0.05) is 62.4 Å². The fourth-order valence-electron chi connectivity index (χ4n) is 7.16. The highest BCUT2D eigenvalue weighted by Gasteiger charge is 2.33. The van der Waals surface area contributed by atoms with E-state index in [4.69, 9.17) is 16.9 Å². The number of H-pyrrole nitrogens is 2. The molecule has 0 spiro atoms. The number of hydrogen-bond donors (Lipinski definition) is 12. The Morgan fingerprint density at radius 3 is 1.88 bits per heavy atom. The molecule has 6 atom stereocenters. The molecule has 2 heterocycles. The van der Waals surface area contributed by atoms with Gasteiger partial charge in [-0.25, -0.2) is 4.98 Å². The summed E-state index contributed by atoms with van der Waals surface area (Å²) in [5.41, 5.74) is 13.5. The first-order valence-electron chi connectivity index (χ1n) is 21.8. The third-order valence-electron chi connectivity index (χ3n) is 10.5. The number of aromatic amines is 2. The minimum Gasteiger partial charge on any atom is -0.370 e. The summed E-state index contributed by atoms with van der Waals surface area (Å²) in [4.78, 5) is 116. The number of amides is 7. The van der Waals surface area contributed by atoms with Gasteiger partial charge in [0.2, 0.25) is 47.6 Å². The number of nitrogens with zero attached hydrogens (tertiary/aromatic N) is 1. The summed E-state index contributed by atoms with van der Waals surface area (Å²) in [6.07, 6.45) is 7.68. The van der Waals surface area contributed by atoms with E-state index < -0.39 is 77.6 Å². The van der Waals surface area contributed by atoms with Gasteiger partial charge in [-0.2, -0.15) is 0 Å². The Hall–Kier alpha value is -7.58. The second-order valence-corrected chi connectivity index (χ2v) is 15.8. The molecule has 0 aliphatic heterocycles. The van der Waals surface area contributed by atoms with Crippen molar-refractivity contribution in [1.82, 2.24) is 52.2 Å². The zero-order valence-electron chi connectivity index (χ0n) is 37.0. The molecule has 0 saturated carbocycles. The molecule has 14 N–H and O–H groups in total. The fraction of sp³-hybridized carbons (Fsp3) is 0.422. The third kappa shape index (κ3) is 16.8. The van der Waals surface area contributed by atoms with Crippen molar-refractivity contribution < 1.29 is 38.4 Å². The Morgan fingerprint density at radius 2 is 1.27 bits per heavy atom. The molecule has 1 radical (unpaired) electrons. The standard InChI is InChI=1S/C45H60N13O8/c1-3-4-14-34(53-27(2)60)41(63)56-36(17-18-39(46)61)42(64)58-38(22-30-24-49-26-52-30)44(66)57-37(20-28-11-6-5-7-12-28)43(65)55-35(16-10-19-50-45(47)48)40(62)54-31(25-59)21-29-23-51-33-15-9-8-13-32(29)33/h5-9,11-13,15,23-24,26,31,34-38,51H,3-4,10,14,16-22H2,1-2H3,(H2,46,61)(H,49,52)(H,53,60)(H,54,62)(H,55,65)(H,56,63)(H,57,66)(H,58,64)(H4,47,48,50)/t31-,34+,35+,36+,37-,38+/m1/s1. The lowest BCUT2D eigenvalue weighted by molar-refractivity contribution is -0.135. The predicted molar refractivity (Wildman–Crippen MR) is 244 cm³/mol. The lowest BCUT2D eigenvalue weighted by Gasteiger charge is -2.27. The number of unbranched alkanes of at least 4 members (excludes halogenated alkanes) is 1. The van der Waals surface area contributed by atoms with Crippen LogP contribution in [0.4, 0.5) is 0 Å². The van der Waals surface area contributed by atoms with Crippen LogP contribution in [0, 0.1) is 5.41 Å². The van der Waals surface area contributed by atoms with Gasteiger partial charge in [0.15, 0.2) is 5.96 Å². The molecule has 4 aromatic rings. The smallest absolute Gasteiger partial charge is 0.243 e. The van der Waals surface area contributed by atoms with Crippen molar-refractivity contribution in [2.75, 3.05) is 6.54 Å². The highest BCUT2D eigenvalue weighted by atomic mass is 16.2. The molecule has 21 nitrogen and oxygen atoms in total.